The third kappa shape index (κ3) is 4.90. The highest BCUT2D eigenvalue weighted by Crippen LogP contribution is 2.23. The largest absolute Gasteiger partial charge is 0.411 e. The molecule has 0 saturated carbocycles. The third-order valence-electron chi connectivity index (χ3n) is 3.39. The molecule has 1 N–H and O–H groups in total. The molecule has 0 aliphatic heterocycles. The van der Waals surface area contributed by atoms with Gasteiger partial charge in [-0.3, -0.25) is 4.79 Å². The molecule has 0 radical (unpaired) electrons. The number of carbonyl (C=O) groups excluding carboxylic acids is 1. The van der Waals surface area contributed by atoms with Crippen molar-refractivity contribution in [2.45, 2.75) is 18.6 Å². The number of benzene rings is 2. The summed E-state index contributed by atoms with van der Waals surface area (Å²) in [6.07, 6.45) is 0.282. The Labute approximate surface area is 148 Å². The van der Waals surface area contributed by atoms with E-state index in [1.54, 1.807) is 0 Å². The summed E-state index contributed by atoms with van der Waals surface area (Å²) < 4.78 is 18.4. The zero-order valence-electron chi connectivity index (χ0n) is 13.5. The molecule has 1 amide bonds. The van der Waals surface area contributed by atoms with Crippen molar-refractivity contribution in [3.05, 3.63) is 59.9 Å². The van der Waals surface area contributed by atoms with E-state index in [1.807, 2.05) is 31.2 Å². The molecule has 128 valence electrons. The summed E-state index contributed by atoms with van der Waals surface area (Å²) in [5, 5.41) is 11.1. The van der Waals surface area contributed by atoms with Gasteiger partial charge in [0.25, 0.3) is 5.22 Å². The Kier molecular flexibility index (Phi) is 5.45. The Morgan fingerprint density at radius 3 is 2.56 bits per heavy atom. The Bertz CT molecular complexity index is 848. The monoisotopic (exact) mass is 357 g/mol. The number of halogens is 1. The van der Waals surface area contributed by atoms with Gasteiger partial charge in [0.2, 0.25) is 11.8 Å². The smallest absolute Gasteiger partial charge is 0.276 e. The Balaban J connectivity index is 1.48. The van der Waals surface area contributed by atoms with Crippen LogP contribution < -0.4 is 5.32 Å². The van der Waals surface area contributed by atoms with Crippen molar-refractivity contribution in [3.8, 4) is 11.5 Å². The molecule has 0 fully saturated rings. The van der Waals surface area contributed by atoms with Crippen LogP contribution in [0.2, 0.25) is 0 Å². The lowest BCUT2D eigenvalue weighted by atomic mass is 10.1. The highest BCUT2D eigenvalue weighted by Gasteiger charge is 2.10. The molecule has 2 aromatic carbocycles. The van der Waals surface area contributed by atoms with E-state index in [0.717, 1.165) is 11.1 Å². The van der Waals surface area contributed by atoms with E-state index in [-0.39, 0.29) is 18.1 Å². The van der Waals surface area contributed by atoms with Crippen LogP contribution in [0.3, 0.4) is 0 Å². The average molecular weight is 357 g/mol. The lowest BCUT2D eigenvalue weighted by Crippen LogP contribution is -2.12. The van der Waals surface area contributed by atoms with E-state index < -0.39 is 0 Å². The number of hydrogen-bond acceptors (Lipinski definition) is 5. The first-order valence-corrected chi connectivity index (χ1v) is 8.67. The van der Waals surface area contributed by atoms with Gasteiger partial charge in [0.15, 0.2) is 0 Å². The van der Waals surface area contributed by atoms with E-state index in [4.69, 9.17) is 4.42 Å². The highest BCUT2D eigenvalue weighted by molar-refractivity contribution is 7.99. The number of nitrogens with one attached hydrogen (secondary N) is 1. The zero-order valence-corrected chi connectivity index (χ0v) is 14.3. The minimum atomic E-state index is -0.339. The first-order valence-electron chi connectivity index (χ1n) is 7.69. The van der Waals surface area contributed by atoms with Gasteiger partial charge in [-0.1, -0.05) is 29.5 Å². The molecule has 0 saturated heterocycles. The summed E-state index contributed by atoms with van der Waals surface area (Å²) in [4.78, 5) is 11.9. The van der Waals surface area contributed by atoms with Crippen molar-refractivity contribution in [2.75, 3.05) is 11.1 Å². The van der Waals surface area contributed by atoms with E-state index in [9.17, 15) is 9.18 Å². The van der Waals surface area contributed by atoms with Gasteiger partial charge in [-0.2, -0.15) is 0 Å². The number of amides is 1. The zero-order chi connectivity index (χ0) is 17.6. The molecular weight excluding hydrogens is 341 g/mol. The van der Waals surface area contributed by atoms with Gasteiger partial charge in [-0.05, 0) is 43.3 Å². The molecule has 3 aromatic rings. The van der Waals surface area contributed by atoms with Gasteiger partial charge >= 0.3 is 0 Å². The van der Waals surface area contributed by atoms with Crippen LogP contribution in [0, 0.1) is 12.7 Å². The SMILES string of the molecule is Cc1ccc(-c2nnc(SCCC(=O)Nc3ccc(F)cc3)o2)cc1. The molecule has 0 bridgehead atoms. The molecule has 0 spiro atoms. The molecule has 1 heterocycles. The Morgan fingerprint density at radius 2 is 1.84 bits per heavy atom. The minimum Gasteiger partial charge on any atom is -0.411 e. The summed E-state index contributed by atoms with van der Waals surface area (Å²) in [6, 6.07) is 13.4. The molecule has 0 atom stereocenters. The lowest BCUT2D eigenvalue weighted by Gasteiger charge is -2.03. The van der Waals surface area contributed by atoms with Gasteiger partial charge in [0, 0.05) is 23.4 Å². The van der Waals surface area contributed by atoms with Crippen LogP contribution in [0.1, 0.15) is 12.0 Å². The molecule has 25 heavy (non-hydrogen) atoms. The Hall–Kier alpha value is -2.67. The molecule has 7 heteroatoms. The highest BCUT2D eigenvalue weighted by atomic mass is 32.2. The van der Waals surface area contributed by atoms with Crippen molar-refractivity contribution in [2.24, 2.45) is 0 Å². The van der Waals surface area contributed by atoms with Gasteiger partial charge in [0.1, 0.15) is 5.82 Å². The number of thioether (sulfide) groups is 1. The topological polar surface area (TPSA) is 68.0 Å². The number of rotatable bonds is 6. The van der Waals surface area contributed by atoms with Crippen LogP contribution in [-0.2, 0) is 4.79 Å². The lowest BCUT2D eigenvalue weighted by molar-refractivity contribution is -0.115. The first-order chi connectivity index (χ1) is 12.1. The van der Waals surface area contributed by atoms with Crippen LogP contribution in [-0.4, -0.2) is 21.9 Å². The van der Waals surface area contributed by atoms with Crippen LogP contribution >= 0.6 is 11.8 Å². The molecular formula is C18H16FN3O2S. The molecule has 0 aliphatic carbocycles. The second-order valence-electron chi connectivity index (χ2n) is 5.39. The first kappa shape index (κ1) is 17.2. The molecule has 0 aliphatic rings. The van der Waals surface area contributed by atoms with Gasteiger partial charge in [0.05, 0.1) is 0 Å². The molecule has 0 unspecified atom stereocenters. The maximum Gasteiger partial charge on any atom is 0.276 e. The van der Waals surface area contributed by atoms with Gasteiger partial charge in [-0.25, -0.2) is 4.39 Å². The Morgan fingerprint density at radius 1 is 1.12 bits per heavy atom. The van der Waals surface area contributed by atoms with E-state index in [0.29, 0.717) is 22.6 Å². The molecule has 1 aromatic heterocycles. The fourth-order valence-electron chi connectivity index (χ4n) is 2.07. The third-order valence-corrected chi connectivity index (χ3v) is 4.21. The second-order valence-corrected chi connectivity index (χ2v) is 6.44. The number of aryl methyl sites for hydroxylation is 1. The predicted octanol–water partition coefficient (Wildman–Crippen LogP) is 4.31. The van der Waals surface area contributed by atoms with Crippen LogP contribution in [0.15, 0.2) is 58.2 Å². The summed E-state index contributed by atoms with van der Waals surface area (Å²) in [6.45, 7) is 2.01. The van der Waals surface area contributed by atoms with Crippen molar-refractivity contribution in [3.63, 3.8) is 0 Å². The summed E-state index contributed by atoms with van der Waals surface area (Å²) in [5.41, 5.74) is 2.58. The quantitative estimate of drug-likeness (QED) is 0.666. The van der Waals surface area contributed by atoms with E-state index in [2.05, 4.69) is 15.5 Å². The van der Waals surface area contributed by atoms with Gasteiger partial charge in [-0.15, -0.1) is 10.2 Å². The van der Waals surface area contributed by atoms with Crippen LogP contribution in [0.5, 0.6) is 0 Å². The summed E-state index contributed by atoms with van der Waals surface area (Å²) in [5.74, 6) is 0.465. The standard InChI is InChI=1S/C18H16FN3O2S/c1-12-2-4-13(5-3-12)17-21-22-18(24-17)25-11-10-16(23)20-15-8-6-14(19)7-9-15/h2-9H,10-11H2,1H3,(H,20,23). The van der Waals surface area contributed by atoms with Crippen LogP contribution in [0.25, 0.3) is 11.5 Å². The second kappa shape index (κ2) is 7.94. The maximum atomic E-state index is 12.8. The number of nitrogens with zero attached hydrogens (tertiary/aromatic N) is 2. The number of hydrogen-bond donors (Lipinski definition) is 1. The molecule has 3 rings (SSSR count). The normalized spacial score (nSPS) is 10.6. The van der Waals surface area contributed by atoms with Crippen molar-refractivity contribution in [1.82, 2.24) is 10.2 Å². The van der Waals surface area contributed by atoms with Crippen molar-refractivity contribution in [1.29, 1.82) is 0 Å². The maximum absolute atomic E-state index is 12.8. The van der Waals surface area contributed by atoms with Gasteiger partial charge < -0.3 is 9.73 Å². The summed E-state index contributed by atoms with van der Waals surface area (Å²) in [7, 11) is 0. The minimum absolute atomic E-state index is 0.155. The number of aromatic nitrogens is 2. The number of anilines is 1. The summed E-state index contributed by atoms with van der Waals surface area (Å²) >= 11 is 1.32. The van der Waals surface area contributed by atoms with Crippen molar-refractivity contribution >= 4 is 23.4 Å². The number of carbonyl (C=O) groups is 1. The van der Waals surface area contributed by atoms with E-state index in [1.165, 1.54) is 36.0 Å². The predicted molar refractivity (Wildman–Crippen MR) is 94.8 cm³/mol. The fourth-order valence-corrected chi connectivity index (χ4v) is 2.77. The van der Waals surface area contributed by atoms with Crippen molar-refractivity contribution < 1.29 is 13.6 Å². The fraction of sp³-hybridized carbons (Fsp3) is 0.167. The average Bonchev–Trinajstić information content (AvgIpc) is 3.06. The molecule has 5 nitrogen and oxygen atoms in total. The van der Waals surface area contributed by atoms with Crippen LogP contribution in [0.4, 0.5) is 10.1 Å². The van der Waals surface area contributed by atoms with E-state index >= 15 is 0 Å².